The number of amides is 3. The van der Waals surface area contributed by atoms with Gasteiger partial charge in [0.05, 0.1) is 0 Å². The summed E-state index contributed by atoms with van der Waals surface area (Å²) >= 11 is 0. The summed E-state index contributed by atoms with van der Waals surface area (Å²) in [5, 5.41) is 5.71. The monoisotopic (exact) mass is 517 g/mol. The second-order valence-corrected chi connectivity index (χ2v) is 11.2. The molecule has 0 aliphatic carbocycles. The van der Waals surface area contributed by atoms with Crippen LogP contribution in [0, 0.1) is 13.8 Å². The van der Waals surface area contributed by atoms with Gasteiger partial charge in [-0.05, 0) is 59.9 Å². The summed E-state index contributed by atoms with van der Waals surface area (Å²) in [5.74, 6) is -0.496. The minimum absolute atomic E-state index is 0.00297. The maximum Gasteiger partial charge on any atom is 0.408 e. The van der Waals surface area contributed by atoms with Crippen LogP contribution < -0.4 is 10.6 Å². The normalized spacial score (nSPS) is 13.0. The van der Waals surface area contributed by atoms with Gasteiger partial charge in [0.25, 0.3) is 0 Å². The van der Waals surface area contributed by atoms with E-state index in [0.29, 0.717) is 6.54 Å². The van der Waals surface area contributed by atoms with Gasteiger partial charge in [-0.15, -0.1) is 0 Å². The van der Waals surface area contributed by atoms with E-state index in [-0.39, 0.29) is 24.4 Å². The van der Waals surface area contributed by atoms with Crippen LogP contribution in [0.2, 0.25) is 0 Å². The van der Waals surface area contributed by atoms with Crippen molar-refractivity contribution in [1.29, 1.82) is 0 Å². The fraction of sp³-hybridized carbons (Fsp3) is 0.700. The molecule has 1 aromatic carbocycles. The number of benzene rings is 1. The van der Waals surface area contributed by atoms with E-state index >= 15 is 0 Å². The van der Waals surface area contributed by atoms with Crippen LogP contribution in [0.25, 0.3) is 0 Å². The van der Waals surface area contributed by atoms with Gasteiger partial charge in [0, 0.05) is 12.6 Å². The molecule has 1 rings (SSSR count). The van der Waals surface area contributed by atoms with Gasteiger partial charge in [0.1, 0.15) is 18.2 Å². The zero-order chi connectivity index (χ0) is 28.0. The number of unbranched alkanes of at least 4 members (excludes halogenated alkanes) is 5. The quantitative estimate of drug-likeness (QED) is 0.265. The molecule has 0 fully saturated rings. The predicted octanol–water partition coefficient (Wildman–Crippen LogP) is 6.36. The first-order valence-electron chi connectivity index (χ1n) is 14.0. The first-order chi connectivity index (χ1) is 17.4. The van der Waals surface area contributed by atoms with E-state index in [1.807, 2.05) is 32.9 Å². The molecule has 37 heavy (non-hydrogen) atoms. The number of rotatable bonds is 15. The summed E-state index contributed by atoms with van der Waals surface area (Å²) in [6.45, 7) is 15.8. The number of nitrogens with one attached hydrogen (secondary N) is 2. The van der Waals surface area contributed by atoms with Crippen molar-refractivity contribution in [2.45, 2.75) is 124 Å². The summed E-state index contributed by atoms with van der Waals surface area (Å²) in [6, 6.07) is 5.23. The highest BCUT2D eigenvalue weighted by atomic mass is 16.6. The molecule has 2 atom stereocenters. The van der Waals surface area contributed by atoms with Gasteiger partial charge in [-0.1, -0.05) is 81.7 Å². The van der Waals surface area contributed by atoms with Crippen molar-refractivity contribution >= 4 is 17.9 Å². The average Bonchev–Trinajstić information content (AvgIpc) is 2.77. The Hall–Kier alpha value is -2.57. The molecule has 7 nitrogen and oxygen atoms in total. The van der Waals surface area contributed by atoms with Crippen molar-refractivity contribution in [3.63, 3.8) is 0 Å². The van der Waals surface area contributed by atoms with Gasteiger partial charge >= 0.3 is 6.09 Å². The molecule has 0 spiro atoms. The lowest BCUT2D eigenvalue weighted by molar-refractivity contribution is -0.140. The summed E-state index contributed by atoms with van der Waals surface area (Å²) in [5.41, 5.74) is 2.19. The number of aryl methyl sites for hydroxylation is 2. The Balaban J connectivity index is 3.24. The molecule has 0 aliphatic heterocycles. The zero-order valence-corrected chi connectivity index (χ0v) is 24.5. The molecule has 0 aromatic heterocycles. The Labute approximate surface area is 225 Å². The largest absolute Gasteiger partial charge is 0.444 e. The maximum atomic E-state index is 13.7. The molecule has 3 amide bonds. The Kier molecular flexibility index (Phi) is 14.3. The van der Waals surface area contributed by atoms with Crippen LogP contribution in [0.5, 0.6) is 0 Å². The Bertz CT molecular complexity index is 843. The minimum atomic E-state index is -0.776. The van der Waals surface area contributed by atoms with Crippen LogP contribution in [0.3, 0.4) is 0 Å². The molecule has 0 aliphatic rings. The number of hydrogen-bond donors (Lipinski definition) is 2. The highest BCUT2D eigenvalue weighted by Crippen LogP contribution is 2.25. The van der Waals surface area contributed by atoms with Crippen molar-refractivity contribution in [3.8, 4) is 0 Å². The van der Waals surface area contributed by atoms with Crippen LogP contribution in [0.15, 0.2) is 18.2 Å². The van der Waals surface area contributed by atoms with Crippen molar-refractivity contribution < 1.29 is 19.1 Å². The van der Waals surface area contributed by atoms with E-state index in [2.05, 4.69) is 30.5 Å². The summed E-state index contributed by atoms with van der Waals surface area (Å²) in [4.78, 5) is 41.1. The average molecular weight is 518 g/mol. The number of ether oxygens (including phenoxy) is 1. The molecule has 210 valence electrons. The number of nitrogens with zero attached hydrogens (tertiary/aromatic N) is 1. The van der Waals surface area contributed by atoms with Crippen molar-refractivity contribution in [2.75, 3.05) is 13.1 Å². The molecule has 0 saturated heterocycles. The van der Waals surface area contributed by atoms with E-state index in [0.717, 1.165) is 48.8 Å². The maximum absolute atomic E-state index is 13.7. The van der Waals surface area contributed by atoms with Gasteiger partial charge in [-0.3, -0.25) is 9.59 Å². The molecule has 0 saturated carbocycles. The molecule has 0 bridgehead atoms. The molecular weight excluding hydrogens is 466 g/mol. The number of carbonyl (C=O) groups is 3. The van der Waals surface area contributed by atoms with Crippen LogP contribution in [0.4, 0.5) is 4.79 Å². The topological polar surface area (TPSA) is 87.7 Å². The molecule has 7 heteroatoms. The van der Waals surface area contributed by atoms with Crippen molar-refractivity contribution in [2.24, 2.45) is 0 Å². The second kappa shape index (κ2) is 16.3. The Morgan fingerprint density at radius 3 is 2.08 bits per heavy atom. The van der Waals surface area contributed by atoms with E-state index < -0.39 is 17.7 Å². The molecular formula is C30H51N3O4. The van der Waals surface area contributed by atoms with Crippen molar-refractivity contribution in [3.05, 3.63) is 34.9 Å². The Morgan fingerprint density at radius 1 is 0.919 bits per heavy atom. The summed E-state index contributed by atoms with van der Waals surface area (Å²) < 4.78 is 5.31. The molecule has 0 heterocycles. The van der Waals surface area contributed by atoms with Gasteiger partial charge in [-0.25, -0.2) is 4.79 Å². The van der Waals surface area contributed by atoms with Crippen LogP contribution in [-0.4, -0.2) is 47.5 Å². The summed E-state index contributed by atoms with van der Waals surface area (Å²) in [6.07, 6.45) is 7.58. The molecule has 2 N–H and O–H groups in total. The van der Waals surface area contributed by atoms with Gasteiger partial charge < -0.3 is 20.3 Å². The third kappa shape index (κ3) is 13.0. The fourth-order valence-corrected chi connectivity index (χ4v) is 4.49. The lowest BCUT2D eigenvalue weighted by atomic mass is 9.98. The number of hydrogen-bond acceptors (Lipinski definition) is 4. The SMILES string of the molecule is CCCCCCCCN(C(=O)CNC(=O)OC(C)(C)C)C(C(=O)NC(C)CCC)c1cc(C)cc(C)c1. The standard InChI is InChI=1S/C30H51N3O4/c1-9-11-12-13-14-15-17-33(26(34)21-31-29(36)37-30(6,7)8)27(28(35)32-24(5)16-10-2)25-19-22(3)18-23(4)20-25/h18-20,24,27H,9-17,21H2,1-8H3,(H,31,36)(H,32,35). The number of carbonyl (C=O) groups excluding carboxylic acids is 3. The highest BCUT2D eigenvalue weighted by molar-refractivity contribution is 5.90. The predicted molar refractivity (Wildman–Crippen MR) is 150 cm³/mol. The lowest BCUT2D eigenvalue weighted by Gasteiger charge is -2.33. The smallest absolute Gasteiger partial charge is 0.408 e. The first kappa shape index (κ1) is 32.5. The molecule has 2 unspecified atom stereocenters. The first-order valence-corrected chi connectivity index (χ1v) is 14.0. The van der Waals surface area contributed by atoms with Crippen LogP contribution in [-0.2, 0) is 14.3 Å². The van der Waals surface area contributed by atoms with Crippen LogP contribution >= 0.6 is 0 Å². The third-order valence-corrected chi connectivity index (χ3v) is 6.09. The lowest BCUT2D eigenvalue weighted by Crippen LogP contribution is -2.49. The highest BCUT2D eigenvalue weighted by Gasteiger charge is 2.32. The molecule has 1 aromatic rings. The van der Waals surface area contributed by atoms with Gasteiger partial charge in [0.15, 0.2) is 0 Å². The Morgan fingerprint density at radius 2 is 1.51 bits per heavy atom. The molecule has 0 radical (unpaired) electrons. The summed E-state index contributed by atoms with van der Waals surface area (Å²) in [7, 11) is 0. The van der Waals surface area contributed by atoms with E-state index in [1.54, 1.807) is 25.7 Å². The zero-order valence-electron chi connectivity index (χ0n) is 24.5. The van der Waals surface area contributed by atoms with E-state index in [9.17, 15) is 14.4 Å². The minimum Gasteiger partial charge on any atom is -0.444 e. The van der Waals surface area contributed by atoms with Crippen molar-refractivity contribution in [1.82, 2.24) is 15.5 Å². The van der Waals surface area contributed by atoms with Crippen LogP contribution in [0.1, 0.15) is 116 Å². The fourth-order valence-electron chi connectivity index (χ4n) is 4.49. The number of alkyl carbamates (subject to hydrolysis) is 1. The third-order valence-electron chi connectivity index (χ3n) is 6.09. The van der Waals surface area contributed by atoms with E-state index in [1.165, 1.54) is 19.3 Å². The van der Waals surface area contributed by atoms with E-state index in [4.69, 9.17) is 4.74 Å². The van der Waals surface area contributed by atoms with Gasteiger partial charge in [0.2, 0.25) is 11.8 Å². The van der Waals surface area contributed by atoms with Gasteiger partial charge in [-0.2, -0.15) is 0 Å². The second-order valence-electron chi connectivity index (χ2n) is 11.2.